The van der Waals surface area contributed by atoms with Crippen molar-refractivity contribution in [1.29, 1.82) is 0 Å². The lowest BCUT2D eigenvalue weighted by molar-refractivity contribution is -0.684. The number of phenols is 1. The number of halogens is 1. The molecule has 2 rings (SSSR count). The van der Waals surface area contributed by atoms with Gasteiger partial charge in [0, 0.05) is 23.9 Å². The summed E-state index contributed by atoms with van der Waals surface area (Å²) in [6, 6.07) is 9.62. The van der Waals surface area contributed by atoms with Gasteiger partial charge in [-0.05, 0) is 12.1 Å². The molecule has 3 N–H and O–H groups in total. The number of nitrogens with zero attached hydrogens (tertiary/aromatic N) is 1. The third-order valence-corrected chi connectivity index (χ3v) is 3.27. The van der Waals surface area contributed by atoms with Crippen LogP contribution in [0.15, 0.2) is 48.8 Å². The second kappa shape index (κ2) is 7.80. The molecule has 0 aliphatic carbocycles. The van der Waals surface area contributed by atoms with Crippen molar-refractivity contribution in [3.63, 3.8) is 0 Å². The van der Waals surface area contributed by atoms with Crippen molar-refractivity contribution in [2.24, 2.45) is 0 Å². The van der Waals surface area contributed by atoms with Gasteiger partial charge in [-0.1, -0.05) is 6.07 Å². The number of carbonyl (C=O) groups excluding carboxylic acids is 1. The Morgan fingerprint density at radius 3 is 2.43 bits per heavy atom. The summed E-state index contributed by atoms with van der Waals surface area (Å²) in [7, 11) is -3.48. The van der Waals surface area contributed by atoms with Gasteiger partial charge in [0.1, 0.15) is 5.75 Å². The molecule has 7 nitrogen and oxygen atoms in total. The molecule has 0 aliphatic heterocycles. The second-order valence-corrected chi connectivity index (χ2v) is 6.45. The van der Waals surface area contributed by atoms with Crippen molar-refractivity contribution in [3.8, 4) is 5.75 Å². The van der Waals surface area contributed by atoms with Crippen LogP contribution in [0, 0.1) is 0 Å². The number of rotatable bonds is 5. The van der Waals surface area contributed by atoms with Gasteiger partial charge in [0.05, 0.1) is 11.9 Å². The average molecular weight is 358 g/mol. The molecule has 124 valence electrons. The van der Waals surface area contributed by atoms with Gasteiger partial charge < -0.3 is 22.8 Å². The fourth-order valence-corrected chi connectivity index (χ4v) is 2.37. The van der Waals surface area contributed by atoms with E-state index in [1.165, 1.54) is 18.2 Å². The SMILES string of the molecule is CS(=O)(=O)Nc1ccc(NC(=O)C[n+]2ccccc2)cc1O.[Cl-]. The van der Waals surface area contributed by atoms with Crippen molar-refractivity contribution in [3.05, 3.63) is 48.8 Å². The summed E-state index contributed by atoms with van der Waals surface area (Å²) in [5.74, 6) is -0.532. The maximum atomic E-state index is 11.9. The van der Waals surface area contributed by atoms with Crippen molar-refractivity contribution >= 4 is 27.3 Å². The summed E-state index contributed by atoms with van der Waals surface area (Å²) >= 11 is 0. The topological polar surface area (TPSA) is 99.4 Å². The Bertz CT molecular complexity index is 782. The molecular weight excluding hydrogens is 342 g/mol. The van der Waals surface area contributed by atoms with E-state index in [0.29, 0.717) is 5.69 Å². The highest BCUT2D eigenvalue weighted by Crippen LogP contribution is 2.27. The van der Waals surface area contributed by atoms with Crippen molar-refractivity contribution in [2.75, 3.05) is 16.3 Å². The second-order valence-electron chi connectivity index (χ2n) is 4.70. The normalized spacial score (nSPS) is 10.5. The van der Waals surface area contributed by atoms with Crippen molar-refractivity contribution in [1.82, 2.24) is 0 Å². The van der Waals surface area contributed by atoms with Crippen LogP contribution in [-0.4, -0.2) is 25.7 Å². The molecule has 1 aromatic heterocycles. The molecule has 0 unspecified atom stereocenters. The molecule has 23 heavy (non-hydrogen) atoms. The van der Waals surface area contributed by atoms with Crippen LogP contribution in [0.1, 0.15) is 0 Å². The smallest absolute Gasteiger partial charge is 0.290 e. The lowest BCUT2D eigenvalue weighted by Gasteiger charge is -2.09. The Morgan fingerprint density at radius 2 is 1.87 bits per heavy atom. The quantitative estimate of drug-likeness (QED) is 0.414. The van der Waals surface area contributed by atoms with E-state index >= 15 is 0 Å². The lowest BCUT2D eigenvalue weighted by atomic mass is 10.2. The minimum Gasteiger partial charge on any atom is -1.00 e. The van der Waals surface area contributed by atoms with Crippen LogP contribution in [0.3, 0.4) is 0 Å². The molecule has 0 saturated heterocycles. The molecule has 1 aromatic carbocycles. The molecule has 0 bridgehead atoms. The maximum absolute atomic E-state index is 11.9. The van der Waals surface area contributed by atoms with Gasteiger partial charge in [0.2, 0.25) is 16.6 Å². The number of sulfonamides is 1. The number of hydrogen-bond donors (Lipinski definition) is 3. The largest absolute Gasteiger partial charge is 1.00 e. The van der Waals surface area contributed by atoms with Gasteiger partial charge >= 0.3 is 0 Å². The van der Waals surface area contributed by atoms with E-state index in [1.807, 2.05) is 18.2 Å². The van der Waals surface area contributed by atoms with E-state index in [2.05, 4.69) is 10.0 Å². The van der Waals surface area contributed by atoms with Crippen molar-refractivity contribution < 1.29 is 35.3 Å². The molecule has 2 aromatic rings. The minimum atomic E-state index is -3.48. The predicted molar refractivity (Wildman–Crippen MR) is 81.8 cm³/mol. The zero-order valence-electron chi connectivity index (χ0n) is 12.2. The molecule has 0 atom stereocenters. The number of hydrogen-bond acceptors (Lipinski definition) is 4. The van der Waals surface area contributed by atoms with E-state index in [4.69, 9.17) is 0 Å². The first-order valence-electron chi connectivity index (χ1n) is 6.38. The van der Waals surface area contributed by atoms with E-state index in [1.54, 1.807) is 17.0 Å². The third-order valence-electron chi connectivity index (χ3n) is 2.68. The zero-order chi connectivity index (χ0) is 16.2. The van der Waals surface area contributed by atoms with E-state index in [9.17, 15) is 18.3 Å². The van der Waals surface area contributed by atoms with Crippen LogP contribution < -0.4 is 27.0 Å². The highest BCUT2D eigenvalue weighted by atomic mass is 35.5. The van der Waals surface area contributed by atoms with Gasteiger partial charge in [-0.15, -0.1) is 0 Å². The van der Waals surface area contributed by atoms with Crippen LogP contribution in [0.4, 0.5) is 11.4 Å². The first-order valence-corrected chi connectivity index (χ1v) is 8.27. The van der Waals surface area contributed by atoms with Gasteiger partial charge in [-0.3, -0.25) is 9.52 Å². The van der Waals surface area contributed by atoms with Crippen LogP contribution in [-0.2, 0) is 21.4 Å². The van der Waals surface area contributed by atoms with Crippen LogP contribution in [0.5, 0.6) is 5.75 Å². The standard InChI is InChI=1S/C14H15N3O4S.ClH/c1-22(20,21)16-12-6-5-11(9-13(12)18)15-14(19)10-17-7-3-2-4-8-17;/h2-9,16H,10H2,1H3,(H-,15,18,19);1H. The number of anilines is 2. The molecule has 0 saturated carbocycles. The molecular formula is C14H16ClN3O4S. The Morgan fingerprint density at radius 1 is 1.22 bits per heavy atom. The Hall–Kier alpha value is -2.32. The van der Waals surface area contributed by atoms with E-state index in [-0.39, 0.29) is 36.3 Å². The number of aromatic hydroxyl groups is 1. The minimum absolute atomic E-state index is 0. The van der Waals surface area contributed by atoms with Gasteiger partial charge in [0.15, 0.2) is 12.4 Å². The summed E-state index contributed by atoms with van der Waals surface area (Å²) in [5.41, 5.74) is 0.427. The fourth-order valence-electron chi connectivity index (χ4n) is 1.80. The summed E-state index contributed by atoms with van der Waals surface area (Å²) in [6.07, 6.45) is 4.51. The highest BCUT2D eigenvalue weighted by Gasteiger charge is 2.11. The van der Waals surface area contributed by atoms with Gasteiger partial charge in [-0.25, -0.2) is 8.42 Å². The summed E-state index contributed by atoms with van der Waals surface area (Å²) in [5, 5.41) is 12.4. The Balaban J connectivity index is 0.00000264. The lowest BCUT2D eigenvalue weighted by Crippen LogP contribution is -3.00. The molecule has 0 radical (unpaired) electrons. The molecule has 0 spiro atoms. The summed E-state index contributed by atoms with van der Waals surface area (Å²) < 4.78 is 26.1. The molecule has 0 aliphatic rings. The summed E-state index contributed by atoms with van der Waals surface area (Å²) in [6.45, 7) is 0.130. The molecule has 1 amide bonds. The number of carbonyl (C=O) groups is 1. The molecule has 9 heteroatoms. The molecule has 0 fully saturated rings. The van der Waals surface area contributed by atoms with Gasteiger partial charge in [0.25, 0.3) is 5.91 Å². The number of nitrogens with one attached hydrogen (secondary N) is 2. The first kappa shape index (κ1) is 18.7. The van der Waals surface area contributed by atoms with E-state index in [0.717, 1.165) is 6.26 Å². The summed E-state index contributed by atoms with van der Waals surface area (Å²) in [4.78, 5) is 11.9. The van der Waals surface area contributed by atoms with Crippen molar-refractivity contribution in [2.45, 2.75) is 6.54 Å². The van der Waals surface area contributed by atoms with Crippen LogP contribution >= 0.6 is 0 Å². The average Bonchev–Trinajstić information content (AvgIpc) is 2.41. The van der Waals surface area contributed by atoms with E-state index < -0.39 is 10.0 Å². The van der Waals surface area contributed by atoms with Crippen LogP contribution in [0.2, 0.25) is 0 Å². The maximum Gasteiger partial charge on any atom is 0.290 e. The molecule has 1 heterocycles. The number of pyridine rings is 1. The number of amides is 1. The number of phenolic OH excluding ortho intramolecular Hbond substituents is 1. The number of benzene rings is 1. The van der Waals surface area contributed by atoms with Crippen LogP contribution in [0.25, 0.3) is 0 Å². The first-order chi connectivity index (χ1) is 10.3. The highest BCUT2D eigenvalue weighted by molar-refractivity contribution is 7.92. The monoisotopic (exact) mass is 357 g/mol. The number of aromatic nitrogens is 1. The Labute approximate surface area is 140 Å². The van der Waals surface area contributed by atoms with Gasteiger partial charge in [-0.2, -0.15) is 4.57 Å². The predicted octanol–water partition coefficient (Wildman–Crippen LogP) is -2.31. The third kappa shape index (κ3) is 6.13. The Kier molecular flexibility index (Phi) is 6.35. The fraction of sp³-hybridized carbons (Fsp3) is 0.143. The zero-order valence-corrected chi connectivity index (χ0v) is 13.8.